The van der Waals surface area contributed by atoms with Gasteiger partial charge in [0.05, 0.1) is 12.7 Å². The zero-order chi connectivity index (χ0) is 14.0. The lowest BCUT2D eigenvalue weighted by molar-refractivity contribution is -0.0413. The van der Waals surface area contributed by atoms with Gasteiger partial charge in [0.1, 0.15) is 5.75 Å². The first-order valence-electron chi connectivity index (χ1n) is 7.19. The molecule has 0 aromatic carbocycles. The largest absolute Gasteiger partial charge is 0.496 e. The number of aromatic nitrogens is 1. The van der Waals surface area contributed by atoms with Gasteiger partial charge in [0.25, 0.3) is 0 Å². The number of aliphatic hydroxyl groups is 1. The molecule has 1 aromatic heterocycles. The van der Waals surface area contributed by atoms with Crippen LogP contribution >= 0.6 is 0 Å². The highest BCUT2D eigenvalue weighted by Crippen LogP contribution is 2.37. The number of aryl methyl sites for hydroxylation is 1. The van der Waals surface area contributed by atoms with Gasteiger partial charge in [0.2, 0.25) is 0 Å². The molecule has 0 aliphatic heterocycles. The van der Waals surface area contributed by atoms with Crippen LogP contribution in [0.1, 0.15) is 49.4 Å². The summed E-state index contributed by atoms with van der Waals surface area (Å²) in [4.78, 5) is 4.52. The summed E-state index contributed by atoms with van der Waals surface area (Å²) in [5, 5.41) is 10.9. The molecule has 2 unspecified atom stereocenters. The van der Waals surface area contributed by atoms with Gasteiger partial charge in [-0.1, -0.05) is 19.8 Å². The summed E-state index contributed by atoms with van der Waals surface area (Å²) in [6.07, 6.45) is 6.81. The second-order valence-electron chi connectivity index (χ2n) is 5.97. The second kappa shape index (κ2) is 5.49. The molecule has 19 heavy (non-hydrogen) atoms. The Morgan fingerprint density at radius 2 is 2.16 bits per heavy atom. The lowest BCUT2D eigenvalue weighted by atomic mass is 9.73. The number of pyridine rings is 1. The maximum absolute atomic E-state index is 10.9. The Hall–Kier alpha value is -1.09. The maximum Gasteiger partial charge on any atom is 0.128 e. The van der Waals surface area contributed by atoms with Crippen LogP contribution in [0.15, 0.2) is 6.20 Å². The molecular weight excluding hydrogens is 238 g/mol. The molecule has 0 spiro atoms. The molecule has 1 N–H and O–H groups in total. The molecule has 1 fully saturated rings. The molecule has 3 nitrogen and oxygen atoms in total. The lowest BCUT2D eigenvalue weighted by Crippen LogP contribution is -2.41. The van der Waals surface area contributed by atoms with Crippen LogP contribution in [0.4, 0.5) is 0 Å². The van der Waals surface area contributed by atoms with Crippen LogP contribution in [0.3, 0.4) is 0 Å². The van der Waals surface area contributed by atoms with Crippen molar-refractivity contribution in [2.75, 3.05) is 7.11 Å². The fraction of sp³-hybridized carbons (Fsp3) is 0.688. The van der Waals surface area contributed by atoms with E-state index in [0.29, 0.717) is 12.3 Å². The van der Waals surface area contributed by atoms with E-state index < -0.39 is 5.60 Å². The van der Waals surface area contributed by atoms with Crippen LogP contribution in [0.2, 0.25) is 0 Å². The van der Waals surface area contributed by atoms with Crippen molar-refractivity contribution in [1.29, 1.82) is 0 Å². The average molecular weight is 263 g/mol. The van der Waals surface area contributed by atoms with Gasteiger partial charge in [0.15, 0.2) is 0 Å². The summed E-state index contributed by atoms with van der Waals surface area (Å²) >= 11 is 0. The van der Waals surface area contributed by atoms with Crippen molar-refractivity contribution in [2.24, 2.45) is 5.92 Å². The Balaban J connectivity index is 2.28. The van der Waals surface area contributed by atoms with E-state index in [1.165, 1.54) is 6.42 Å². The van der Waals surface area contributed by atoms with Crippen LogP contribution < -0.4 is 4.74 Å². The summed E-state index contributed by atoms with van der Waals surface area (Å²) in [5.41, 5.74) is 2.48. The monoisotopic (exact) mass is 263 g/mol. The molecule has 1 heterocycles. The van der Waals surface area contributed by atoms with Crippen molar-refractivity contribution in [3.05, 3.63) is 23.0 Å². The Morgan fingerprint density at radius 1 is 1.42 bits per heavy atom. The minimum Gasteiger partial charge on any atom is -0.496 e. The molecule has 1 aliphatic rings. The minimum absolute atomic E-state index is 0.342. The number of nitrogens with zero attached hydrogens (tertiary/aromatic N) is 1. The van der Waals surface area contributed by atoms with E-state index in [-0.39, 0.29) is 0 Å². The van der Waals surface area contributed by atoms with Crippen LogP contribution in [0, 0.1) is 19.8 Å². The Kier molecular flexibility index (Phi) is 4.14. The Labute approximate surface area is 116 Å². The quantitative estimate of drug-likeness (QED) is 0.910. The van der Waals surface area contributed by atoms with E-state index in [1.807, 2.05) is 20.0 Å². The van der Waals surface area contributed by atoms with Crippen molar-refractivity contribution in [1.82, 2.24) is 4.98 Å². The lowest BCUT2D eigenvalue weighted by Gasteiger charge is -2.38. The molecule has 1 saturated carbocycles. The zero-order valence-corrected chi connectivity index (χ0v) is 12.5. The number of ether oxygens (including phenoxy) is 1. The van der Waals surface area contributed by atoms with Gasteiger partial charge in [-0.05, 0) is 32.6 Å². The van der Waals surface area contributed by atoms with E-state index in [1.54, 1.807) is 7.11 Å². The number of hydrogen-bond donors (Lipinski definition) is 1. The van der Waals surface area contributed by atoms with Crippen molar-refractivity contribution >= 4 is 0 Å². The van der Waals surface area contributed by atoms with Gasteiger partial charge in [-0.15, -0.1) is 0 Å². The molecule has 0 saturated heterocycles. The van der Waals surface area contributed by atoms with Crippen LogP contribution in [-0.2, 0) is 6.42 Å². The van der Waals surface area contributed by atoms with Crippen molar-refractivity contribution in [2.45, 2.75) is 58.5 Å². The minimum atomic E-state index is -0.601. The zero-order valence-electron chi connectivity index (χ0n) is 12.5. The highest BCUT2D eigenvalue weighted by Gasteiger charge is 2.37. The third-order valence-corrected chi connectivity index (χ3v) is 4.64. The van der Waals surface area contributed by atoms with Crippen LogP contribution in [0.5, 0.6) is 5.75 Å². The summed E-state index contributed by atoms with van der Waals surface area (Å²) in [6.45, 7) is 6.19. The highest BCUT2D eigenvalue weighted by molar-refractivity contribution is 5.41. The molecule has 106 valence electrons. The van der Waals surface area contributed by atoms with Gasteiger partial charge in [-0.3, -0.25) is 4.98 Å². The summed E-state index contributed by atoms with van der Waals surface area (Å²) in [5.74, 6) is 1.24. The molecule has 3 heteroatoms. The van der Waals surface area contributed by atoms with Crippen molar-refractivity contribution in [3.8, 4) is 5.75 Å². The summed E-state index contributed by atoms with van der Waals surface area (Å²) in [6, 6.07) is 0. The summed E-state index contributed by atoms with van der Waals surface area (Å²) < 4.78 is 5.44. The Bertz CT molecular complexity index is 458. The molecule has 0 radical (unpaired) electrons. The standard InChI is InChI=1S/C16H25NO2/c1-11-10-17-14(13(3)15(11)19-4)9-16(18)8-6-5-7-12(16)2/h10,12,18H,5-9H2,1-4H3. The molecule has 0 amide bonds. The smallest absolute Gasteiger partial charge is 0.128 e. The van der Waals surface area contributed by atoms with E-state index in [0.717, 1.165) is 41.8 Å². The van der Waals surface area contributed by atoms with Crippen molar-refractivity contribution in [3.63, 3.8) is 0 Å². The fourth-order valence-corrected chi connectivity index (χ4v) is 3.20. The number of hydrogen-bond acceptors (Lipinski definition) is 3. The van der Waals surface area contributed by atoms with Gasteiger partial charge >= 0.3 is 0 Å². The number of rotatable bonds is 3. The van der Waals surface area contributed by atoms with Gasteiger partial charge in [-0.2, -0.15) is 0 Å². The fourth-order valence-electron chi connectivity index (χ4n) is 3.20. The Morgan fingerprint density at radius 3 is 2.79 bits per heavy atom. The molecule has 0 bridgehead atoms. The number of methoxy groups -OCH3 is 1. The highest BCUT2D eigenvalue weighted by atomic mass is 16.5. The summed E-state index contributed by atoms with van der Waals surface area (Å²) in [7, 11) is 1.69. The van der Waals surface area contributed by atoms with E-state index in [2.05, 4.69) is 11.9 Å². The third kappa shape index (κ3) is 2.76. The molecule has 2 atom stereocenters. The molecular formula is C16H25NO2. The van der Waals surface area contributed by atoms with E-state index in [9.17, 15) is 5.11 Å². The third-order valence-electron chi connectivity index (χ3n) is 4.64. The predicted molar refractivity (Wildman–Crippen MR) is 76.5 cm³/mol. The topological polar surface area (TPSA) is 42.4 Å². The second-order valence-corrected chi connectivity index (χ2v) is 5.97. The maximum atomic E-state index is 10.9. The SMILES string of the molecule is COc1c(C)cnc(CC2(O)CCCCC2C)c1C. The first kappa shape index (κ1) is 14.3. The van der Waals surface area contributed by atoms with Crippen LogP contribution in [0.25, 0.3) is 0 Å². The van der Waals surface area contributed by atoms with E-state index >= 15 is 0 Å². The normalized spacial score (nSPS) is 27.3. The van der Waals surface area contributed by atoms with Crippen LogP contribution in [-0.4, -0.2) is 22.8 Å². The molecule has 1 aliphatic carbocycles. The van der Waals surface area contributed by atoms with Gasteiger partial charge in [-0.25, -0.2) is 0 Å². The van der Waals surface area contributed by atoms with E-state index in [4.69, 9.17) is 4.74 Å². The first-order valence-corrected chi connectivity index (χ1v) is 7.19. The average Bonchev–Trinajstić information content (AvgIpc) is 2.38. The van der Waals surface area contributed by atoms with Gasteiger partial charge < -0.3 is 9.84 Å². The first-order chi connectivity index (χ1) is 8.98. The predicted octanol–water partition coefficient (Wildman–Crippen LogP) is 3.19. The molecule has 1 aromatic rings. The molecule has 2 rings (SSSR count). The van der Waals surface area contributed by atoms with Gasteiger partial charge in [0, 0.05) is 29.4 Å². The van der Waals surface area contributed by atoms with Crippen molar-refractivity contribution < 1.29 is 9.84 Å².